The average Bonchev–Trinajstić information content (AvgIpc) is 3.12. The molecule has 0 radical (unpaired) electrons. The number of amides is 1. The van der Waals surface area contributed by atoms with E-state index in [9.17, 15) is 44.7 Å². The van der Waals surface area contributed by atoms with E-state index in [1.54, 1.807) is 13.0 Å². The largest absolute Gasteiger partial charge is 0.481 e. The normalized spacial score (nSPS) is 14.7. The van der Waals surface area contributed by atoms with Gasteiger partial charge in [-0.15, -0.1) is 0 Å². The monoisotopic (exact) mass is 776 g/mol. The molecule has 1 aliphatic heterocycles. The first-order valence-corrected chi connectivity index (χ1v) is 18.3. The van der Waals surface area contributed by atoms with Crippen LogP contribution in [0.2, 0.25) is 0 Å². The number of hydrogen-bond acceptors (Lipinski definition) is 4. The van der Waals surface area contributed by atoms with Crippen molar-refractivity contribution in [3.05, 3.63) is 65.7 Å². The Labute approximate surface area is 312 Å². The Bertz CT molecular complexity index is 1610. The molecule has 6 nitrogen and oxygen atoms in total. The third kappa shape index (κ3) is 14.0. The Kier molecular flexibility index (Phi) is 18.7. The lowest BCUT2D eigenvalue weighted by molar-refractivity contribution is -0.226. The van der Waals surface area contributed by atoms with Crippen molar-refractivity contribution in [3.8, 4) is 16.9 Å². The van der Waals surface area contributed by atoms with Gasteiger partial charge in [-0.3, -0.25) is 14.5 Å². The van der Waals surface area contributed by atoms with Gasteiger partial charge in [-0.25, -0.2) is 0 Å². The van der Waals surface area contributed by atoms with E-state index < -0.39 is 42.7 Å². The molecular formula is C40H52F8N2O4. The smallest absolute Gasteiger partial charge is 0.403 e. The highest BCUT2D eigenvalue weighted by atomic mass is 19.4. The quantitative estimate of drug-likeness (QED) is 0.159. The number of fused-ring (bicyclic) bond motifs is 1. The molecule has 1 unspecified atom stereocenters. The minimum absolute atomic E-state index is 0.0361. The summed E-state index contributed by atoms with van der Waals surface area (Å²) in [5.41, 5.74) is 1.21. The third-order valence-corrected chi connectivity index (χ3v) is 9.26. The number of carbonyl (C=O) groups excluding carboxylic acids is 1. The molecule has 0 saturated carbocycles. The molecule has 1 atom stereocenters. The molecule has 1 amide bonds. The summed E-state index contributed by atoms with van der Waals surface area (Å²) in [6.07, 6.45) is -3.96. The fourth-order valence-electron chi connectivity index (χ4n) is 6.44. The molecular weight excluding hydrogens is 724 g/mol. The first-order chi connectivity index (χ1) is 25.4. The number of piperidine rings is 1. The van der Waals surface area contributed by atoms with Crippen molar-refractivity contribution in [1.29, 1.82) is 0 Å². The van der Waals surface area contributed by atoms with E-state index >= 15 is 0 Å². The second-order valence-electron chi connectivity index (χ2n) is 13.2. The number of unbranched alkanes of at least 4 members (excludes halogenated alkanes) is 1. The van der Waals surface area contributed by atoms with E-state index in [0.717, 1.165) is 54.0 Å². The Morgan fingerprint density at radius 2 is 1.48 bits per heavy atom. The van der Waals surface area contributed by atoms with Crippen LogP contribution in [-0.2, 0) is 22.6 Å². The summed E-state index contributed by atoms with van der Waals surface area (Å²) in [7, 11) is 1.25. The van der Waals surface area contributed by atoms with Gasteiger partial charge in [0, 0.05) is 32.0 Å². The number of aryl methyl sites for hydroxylation is 1. The van der Waals surface area contributed by atoms with Gasteiger partial charge in [0.25, 0.3) is 0 Å². The van der Waals surface area contributed by atoms with Crippen molar-refractivity contribution in [2.24, 2.45) is 5.41 Å². The lowest BCUT2D eigenvalue weighted by atomic mass is 9.77. The minimum atomic E-state index is -4.47. The van der Waals surface area contributed by atoms with E-state index in [2.05, 4.69) is 10.2 Å². The third-order valence-electron chi connectivity index (χ3n) is 9.26. The standard InChI is InChI=1S/C26H27F2NO3.C11H20F3NO.C3H5F3/c27-26(28)32-24-12-10-18(17-29-14-2-1-3-15-29)16-23(24)22-9-5-7-20-19(11-13-25(30)31)6-4-8-21(20)22;1-4-6-8-10(7-5-2,9(16)15-3)11(12,13)14;1-2-3(4,5)6/h4-10,12,16,26H,1-3,11,13-15,17H2,(H,30,31);4-8H2,1-3H3,(H,15,16);2H2,1H3. The van der Waals surface area contributed by atoms with Gasteiger partial charge in [-0.05, 0) is 84.8 Å². The molecule has 3 aromatic rings. The molecule has 54 heavy (non-hydrogen) atoms. The van der Waals surface area contributed by atoms with Crippen LogP contribution >= 0.6 is 0 Å². The first kappa shape index (κ1) is 46.2. The van der Waals surface area contributed by atoms with E-state index in [0.29, 0.717) is 31.2 Å². The van der Waals surface area contributed by atoms with Crippen LogP contribution in [-0.4, -0.2) is 61.0 Å². The molecule has 0 bridgehead atoms. The molecule has 0 aliphatic carbocycles. The molecule has 302 valence electrons. The minimum Gasteiger partial charge on any atom is -0.481 e. The number of aliphatic carboxylic acids is 1. The molecule has 1 heterocycles. The zero-order chi connectivity index (χ0) is 40.5. The molecule has 0 spiro atoms. The second-order valence-corrected chi connectivity index (χ2v) is 13.2. The van der Waals surface area contributed by atoms with Crippen molar-refractivity contribution in [3.63, 3.8) is 0 Å². The Hall–Kier alpha value is -3.94. The average molecular weight is 777 g/mol. The van der Waals surface area contributed by atoms with E-state index in [-0.39, 0.29) is 25.0 Å². The Morgan fingerprint density at radius 1 is 0.852 bits per heavy atom. The maximum atomic E-state index is 13.2. The summed E-state index contributed by atoms with van der Waals surface area (Å²) in [6, 6.07) is 16.9. The molecule has 1 aliphatic rings. The lowest BCUT2D eigenvalue weighted by Gasteiger charge is -2.33. The number of ether oxygens (including phenoxy) is 1. The summed E-state index contributed by atoms with van der Waals surface area (Å²) in [6.45, 7) is 4.52. The predicted molar refractivity (Wildman–Crippen MR) is 194 cm³/mol. The molecule has 3 aromatic carbocycles. The van der Waals surface area contributed by atoms with Gasteiger partial charge in [0.15, 0.2) is 0 Å². The van der Waals surface area contributed by atoms with Crippen molar-refractivity contribution in [2.75, 3.05) is 20.1 Å². The predicted octanol–water partition coefficient (Wildman–Crippen LogP) is 11.3. The first-order valence-electron chi connectivity index (χ1n) is 18.3. The molecule has 1 fully saturated rings. The molecule has 0 aromatic heterocycles. The van der Waals surface area contributed by atoms with E-state index in [1.165, 1.54) is 26.3 Å². The van der Waals surface area contributed by atoms with Crippen LogP contribution in [0.3, 0.4) is 0 Å². The van der Waals surface area contributed by atoms with Crippen LogP contribution in [0, 0.1) is 5.41 Å². The zero-order valence-corrected chi connectivity index (χ0v) is 31.3. The molecule has 14 heteroatoms. The van der Waals surface area contributed by atoms with Crippen molar-refractivity contribution < 1.29 is 54.6 Å². The number of hydrogen-bond donors (Lipinski definition) is 2. The number of carbonyl (C=O) groups is 2. The van der Waals surface area contributed by atoms with E-state index in [4.69, 9.17) is 9.84 Å². The van der Waals surface area contributed by atoms with Crippen LogP contribution in [0.5, 0.6) is 5.75 Å². The van der Waals surface area contributed by atoms with Gasteiger partial charge in [0.1, 0.15) is 11.2 Å². The van der Waals surface area contributed by atoms with Gasteiger partial charge in [-0.2, -0.15) is 35.1 Å². The van der Waals surface area contributed by atoms with Crippen molar-refractivity contribution in [1.82, 2.24) is 10.2 Å². The van der Waals surface area contributed by atoms with Gasteiger partial charge in [-0.1, -0.05) is 88.9 Å². The fraction of sp³-hybridized carbons (Fsp3) is 0.550. The summed E-state index contributed by atoms with van der Waals surface area (Å²) in [5, 5.41) is 13.0. The summed E-state index contributed by atoms with van der Waals surface area (Å²) in [4.78, 5) is 25.0. The maximum absolute atomic E-state index is 13.2. The van der Waals surface area contributed by atoms with Crippen molar-refractivity contribution in [2.45, 2.75) is 117 Å². The van der Waals surface area contributed by atoms with Crippen LogP contribution in [0.4, 0.5) is 35.1 Å². The van der Waals surface area contributed by atoms with E-state index in [1.807, 2.05) is 55.5 Å². The number of benzene rings is 3. The topological polar surface area (TPSA) is 78.9 Å². The van der Waals surface area contributed by atoms with Gasteiger partial charge in [0.2, 0.25) is 5.91 Å². The van der Waals surface area contributed by atoms with Crippen LogP contribution in [0.25, 0.3) is 21.9 Å². The number of nitrogens with one attached hydrogen (secondary N) is 1. The summed E-state index contributed by atoms with van der Waals surface area (Å²) >= 11 is 0. The van der Waals surface area contributed by atoms with Crippen LogP contribution in [0.15, 0.2) is 54.6 Å². The number of likely N-dealkylation sites (tertiary alicyclic amines) is 1. The fourth-order valence-corrected chi connectivity index (χ4v) is 6.44. The Balaban J connectivity index is 0.000000383. The summed E-state index contributed by atoms with van der Waals surface area (Å²) in [5.74, 6) is -1.61. The molecule has 4 rings (SSSR count). The van der Waals surface area contributed by atoms with Gasteiger partial charge in [0.05, 0.1) is 0 Å². The van der Waals surface area contributed by atoms with Crippen LogP contribution < -0.4 is 10.1 Å². The SMILES string of the molecule is CCC(F)(F)F.CCCCC(CCC)(C(=O)NC)C(F)(F)F.O=C(O)CCc1cccc2c(-c3cc(CN4CCCCC4)ccc3OC(F)F)cccc12. The number of carboxylic acids is 1. The van der Waals surface area contributed by atoms with Crippen molar-refractivity contribution >= 4 is 22.6 Å². The molecule has 1 saturated heterocycles. The highest BCUT2D eigenvalue weighted by Crippen LogP contribution is 2.46. The van der Waals surface area contributed by atoms with Gasteiger partial charge < -0.3 is 15.2 Å². The summed E-state index contributed by atoms with van der Waals surface area (Å²) < 4.78 is 103. The lowest BCUT2D eigenvalue weighted by Crippen LogP contribution is -2.49. The zero-order valence-electron chi connectivity index (χ0n) is 31.3. The second kappa shape index (κ2) is 21.8. The number of rotatable bonds is 14. The highest BCUT2D eigenvalue weighted by Gasteiger charge is 2.58. The molecule has 2 N–H and O–H groups in total. The number of halogens is 8. The van der Waals surface area contributed by atoms with Gasteiger partial charge >= 0.3 is 24.9 Å². The Morgan fingerprint density at radius 3 is 2.02 bits per heavy atom. The maximum Gasteiger partial charge on any atom is 0.403 e. The number of alkyl halides is 8. The van der Waals surface area contributed by atoms with Crippen LogP contribution in [0.1, 0.15) is 96.1 Å². The number of carboxylic acid groups (broad SMARTS) is 1. The number of nitrogens with zero attached hydrogens (tertiary/aromatic N) is 1. The highest BCUT2D eigenvalue weighted by molar-refractivity contribution is 5.99.